The first kappa shape index (κ1) is 25.3. The number of fused-ring (bicyclic) bond motifs is 4. The monoisotopic (exact) mass is 494 g/mol. The van der Waals surface area contributed by atoms with Gasteiger partial charge in [0.15, 0.2) is 17.0 Å². The highest BCUT2D eigenvalue weighted by Gasteiger charge is 2.27. The SMILES string of the molecule is Cc1cc(=O)oc2c(C)c3oc4c(C(=O)NCCN(C)C)nnc(C(=O)NCCN(C)C)c4c3cc12. The summed E-state index contributed by atoms with van der Waals surface area (Å²) < 4.78 is 11.6. The van der Waals surface area contributed by atoms with E-state index in [0.29, 0.717) is 59.1 Å². The van der Waals surface area contributed by atoms with E-state index in [1.807, 2.05) is 44.9 Å². The molecule has 36 heavy (non-hydrogen) atoms. The predicted molar refractivity (Wildman–Crippen MR) is 137 cm³/mol. The molecule has 4 rings (SSSR count). The maximum Gasteiger partial charge on any atom is 0.336 e. The molecule has 0 saturated carbocycles. The fourth-order valence-electron chi connectivity index (χ4n) is 4.04. The van der Waals surface area contributed by atoms with Crippen LogP contribution in [0.2, 0.25) is 0 Å². The van der Waals surface area contributed by atoms with Crippen molar-refractivity contribution in [1.29, 1.82) is 0 Å². The summed E-state index contributed by atoms with van der Waals surface area (Å²) in [7, 11) is 7.62. The molecular weight excluding hydrogens is 464 g/mol. The van der Waals surface area contributed by atoms with Crippen LogP contribution in [0.3, 0.4) is 0 Å². The number of hydrogen-bond acceptors (Lipinski definition) is 9. The molecule has 0 aliphatic heterocycles. The molecule has 0 unspecified atom stereocenters. The zero-order valence-electron chi connectivity index (χ0n) is 21.3. The Morgan fingerprint density at radius 1 is 0.806 bits per heavy atom. The molecule has 0 aliphatic carbocycles. The van der Waals surface area contributed by atoms with Crippen LogP contribution in [0.1, 0.15) is 32.1 Å². The Kier molecular flexibility index (Phi) is 7.04. The predicted octanol–water partition coefficient (Wildman–Crippen LogP) is 1.68. The Balaban J connectivity index is 1.94. The summed E-state index contributed by atoms with van der Waals surface area (Å²) in [6.07, 6.45) is 0. The molecule has 0 radical (unpaired) electrons. The molecule has 2 N–H and O–H groups in total. The van der Waals surface area contributed by atoms with Crippen molar-refractivity contribution < 1.29 is 18.4 Å². The summed E-state index contributed by atoms with van der Waals surface area (Å²) in [4.78, 5) is 42.0. The fraction of sp³-hybridized carbons (Fsp3) is 0.400. The number of amides is 2. The Hall–Kier alpha value is -3.83. The minimum absolute atomic E-state index is 0.0218. The summed E-state index contributed by atoms with van der Waals surface area (Å²) in [5.74, 6) is -0.886. The van der Waals surface area contributed by atoms with Crippen LogP contribution in [0, 0.1) is 13.8 Å². The number of aryl methyl sites for hydroxylation is 2. The van der Waals surface area contributed by atoms with Gasteiger partial charge < -0.3 is 29.3 Å². The van der Waals surface area contributed by atoms with E-state index in [1.54, 1.807) is 13.0 Å². The largest absolute Gasteiger partial charge is 0.453 e. The summed E-state index contributed by atoms with van der Waals surface area (Å²) in [6, 6.07) is 3.21. The number of nitrogens with zero attached hydrogens (tertiary/aromatic N) is 4. The van der Waals surface area contributed by atoms with Crippen LogP contribution in [0.25, 0.3) is 32.9 Å². The van der Waals surface area contributed by atoms with Crippen LogP contribution in [0.4, 0.5) is 0 Å². The number of hydrogen-bond donors (Lipinski definition) is 2. The van der Waals surface area contributed by atoms with Crippen LogP contribution in [-0.4, -0.2) is 86.2 Å². The molecule has 190 valence electrons. The van der Waals surface area contributed by atoms with Crippen molar-refractivity contribution in [2.24, 2.45) is 0 Å². The molecule has 0 bridgehead atoms. The maximum atomic E-state index is 13.1. The van der Waals surface area contributed by atoms with Gasteiger partial charge in [0.1, 0.15) is 11.2 Å². The molecule has 0 atom stereocenters. The Labute approximate surface area is 207 Å². The van der Waals surface area contributed by atoms with Gasteiger partial charge in [0.25, 0.3) is 11.8 Å². The molecule has 3 heterocycles. The second-order valence-corrected chi connectivity index (χ2v) is 9.33. The number of benzene rings is 1. The number of rotatable bonds is 8. The van der Waals surface area contributed by atoms with Crippen molar-refractivity contribution in [1.82, 2.24) is 30.6 Å². The lowest BCUT2D eigenvalue weighted by Crippen LogP contribution is -2.33. The van der Waals surface area contributed by atoms with E-state index < -0.39 is 17.4 Å². The molecule has 2 amide bonds. The van der Waals surface area contributed by atoms with Gasteiger partial charge in [-0.25, -0.2) is 4.79 Å². The van der Waals surface area contributed by atoms with Crippen molar-refractivity contribution in [3.8, 4) is 0 Å². The van der Waals surface area contributed by atoms with E-state index >= 15 is 0 Å². The van der Waals surface area contributed by atoms with Crippen molar-refractivity contribution in [3.63, 3.8) is 0 Å². The third kappa shape index (κ3) is 4.79. The highest BCUT2D eigenvalue weighted by atomic mass is 16.4. The highest BCUT2D eigenvalue weighted by Crippen LogP contribution is 2.37. The first-order valence-corrected chi connectivity index (χ1v) is 11.6. The summed E-state index contributed by atoms with van der Waals surface area (Å²) in [5, 5.41) is 15.6. The molecular formula is C25H30N6O5. The van der Waals surface area contributed by atoms with E-state index in [2.05, 4.69) is 20.8 Å². The van der Waals surface area contributed by atoms with Gasteiger partial charge in [-0.1, -0.05) is 0 Å². The van der Waals surface area contributed by atoms with Gasteiger partial charge in [0, 0.05) is 48.6 Å². The lowest BCUT2D eigenvalue weighted by Gasteiger charge is -2.11. The lowest BCUT2D eigenvalue weighted by molar-refractivity contribution is 0.0931. The van der Waals surface area contributed by atoms with E-state index in [0.717, 1.165) is 5.56 Å². The minimum atomic E-state index is -0.469. The van der Waals surface area contributed by atoms with E-state index in [4.69, 9.17) is 8.83 Å². The van der Waals surface area contributed by atoms with Gasteiger partial charge in [-0.05, 0) is 53.7 Å². The standard InChI is InChI=1S/C25H30N6O5/c1-13-11-17(32)35-21-14(2)22-16(12-15(13)21)18-19(24(33)26-7-9-30(3)4)28-29-20(23(18)36-22)25(34)27-8-10-31(5)6/h11-12H,7-10H2,1-6H3,(H,26,33)(H,27,34). The van der Waals surface area contributed by atoms with Crippen LogP contribution < -0.4 is 16.3 Å². The smallest absolute Gasteiger partial charge is 0.336 e. The number of carbonyl (C=O) groups excluding carboxylic acids is 2. The van der Waals surface area contributed by atoms with Gasteiger partial charge in [-0.2, -0.15) is 0 Å². The second kappa shape index (κ2) is 10.0. The molecule has 0 spiro atoms. The minimum Gasteiger partial charge on any atom is -0.453 e. The van der Waals surface area contributed by atoms with Crippen molar-refractivity contribution in [3.05, 3.63) is 45.1 Å². The third-order valence-corrected chi connectivity index (χ3v) is 5.94. The second-order valence-electron chi connectivity index (χ2n) is 9.33. The zero-order valence-corrected chi connectivity index (χ0v) is 21.3. The first-order chi connectivity index (χ1) is 17.1. The van der Waals surface area contributed by atoms with Crippen LogP contribution in [0.5, 0.6) is 0 Å². The molecule has 0 aliphatic rings. The lowest BCUT2D eigenvalue weighted by atomic mass is 10.0. The number of nitrogens with one attached hydrogen (secondary N) is 2. The van der Waals surface area contributed by atoms with Crippen LogP contribution in [-0.2, 0) is 0 Å². The van der Waals surface area contributed by atoms with E-state index in [-0.39, 0.29) is 17.0 Å². The van der Waals surface area contributed by atoms with E-state index in [1.165, 1.54) is 6.07 Å². The summed E-state index contributed by atoms with van der Waals surface area (Å²) in [6.45, 7) is 5.66. The highest BCUT2D eigenvalue weighted by molar-refractivity contribution is 6.21. The van der Waals surface area contributed by atoms with Gasteiger partial charge in [-0.3, -0.25) is 9.59 Å². The van der Waals surface area contributed by atoms with Gasteiger partial charge in [0.2, 0.25) is 0 Å². The Morgan fingerprint density at radius 2 is 1.36 bits per heavy atom. The molecule has 4 aromatic rings. The third-order valence-electron chi connectivity index (χ3n) is 5.94. The normalized spacial score (nSPS) is 11.8. The van der Waals surface area contributed by atoms with Crippen molar-refractivity contribution >= 4 is 44.7 Å². The molecule has 11 nitrogen and oxygen atoms in total. The molecule has 3 aromatic heterocycles. The average Bonchev–Trinajstić information content (AvgIpc) is 3.18. The van der Waals surface area contributed by atoms with Gasteiger partial charge in [0.05, 0.1) is 5.39 Å². The topological polar surface area (TPSA) is 134 Å². The quantitative estimate of drug-likeness (QED) is 0.351. The van der Waals surface area contributed by atoms with Crippen molar-refractivity contribution in [2.45, 2.75) is 13.8 Å². The van der Waals surface area contributed by atoms with E-state index in [9.17, 15) is 14.4 Å². The van der Waals surface area contributed by atoms with Gasteiger partial charge >= 0.3 is 5.63 Å². The number of aromatic nitrogens is 2. The molecule has 1 aromatic carbocycles. The molecule has 0 saturated heterocycles. The maximum absolute atomic E-state index is 13.1. The number of furan rings is 1. The fourth-order valence-corrected chi connectivity index (χ4v) is 4.04. The zero-order chi connectivity index (χ0) is 26.1. The number of carbonyl (C=O) groups is 2. The Bertz CT molecular complexity index is 1540. The van der Waals surface area contributed by atoms with Gasteiger partial charge in [-0.15, -0.1) is 10.2 Å². The van der Waals surface area contributed by atoms with Crippen molar-refractivity contribution in [2.75, 3.05) is 54.4 Å². The molecule has 0 fully saturated rings. The summed E-state index contributed by atoms with van der Waals surface area (Å²) in [5.41, 5.74) is 1.81. The Morgan fingerprint density at radius 3 is 1.97 bits per heavy atom. The molecule has 11 heteroatoms. The summed E-state index contributed by atoms with van der Waals surface area (Å²) >= 11 is 0. The van der Waals surface area contributed by atoms with Crippen LogP contribution >= 0.6 is 0 Å². The average molecular weight is 495 g/mol. The van der Waals surface area contributed by atoms with Crippen LogP contribution in [0.15, 0.2) is 25.8 Å². The first-order valence-electron chi connectivity index (χ1n) is 11.6. The number of likely N-dealkylation sites (N-methyl/N-ethyl adjacent to an activating group) is 2.